The second-order valence-electron chi connectivity index (χ2n) is 3.47. The first-order valence-electron chi connectivity index (χ1n) is 5.16. The molecule has 0 fully saturated rings. The van der Waals surface area contributed by atoms with Gasteiger partial charge in [-0.2, -0.15) is 0 Å². The number of hydrogen-bond acceptors (Lipinski definition) is 2. The number of allylic oxidation sites excluding steroid dienone is 2. The van der Waals surface area contributed by atoms with E-state index in [0.29, 0.717) is 5.84 Å². The highest BCUT2D eigenvalue weighted by atomic mass is 15.0. The van der Waals surface area contributed by atoms with Crippen molar-refractivity contribution in [2.75, 3.05) is 0 Å². The fourth-order valence-electron chi connectivity index (χ4n) is 1.05. The van der Waals surface area contributed by atoms with Crippen molar-refractivity contribution in [1.29, 1.82) is 0 Å². The van der Waals surface area contributed by atoms with Crippen LogP contribution in [-0.4, -0.2) is 17.8 Å². The summed E-state index contributed by atoms with van der Waals surface area (Å²) in [6.07, 6.45) is 6.52. The van der Waals surface area contributed by atoms with Gasteiger partial charge in [0.25, 0.3) is 0 Å². The van der Waals surface area contributed by atoms with Crippen molar-refractivity contribution in [2.45, 2.75) is 34.1 Å². The molecule has 0 unspecified atom stereocenters. The van der Waals surface area contributed by atoms with E-state index >= 15 is 0 Å². The Hall–Kier alpha value is -1.51. The third kappa shape index (κ3) is 3.27. The van der Waals surface area contributed by atoms with E-state index < -0.39 is 0 Å². The normalized spacial score (nSPS) is 22.4. The summed E-state index contributed by atoms with van der Waals surface area (Å²) in [5, 5.41) is 0. The molecule has 0 aromatic carbocycles. The van der Waals surface area contributed by atoms with Crippen LogP contribution in [0.15, 0.2) is 38.5 Å². The van der Waals surface area contributed by atoms with Crippen molar-refractivity contribution in [3.8, 4) is 0 Å². The molecule has 0 aromatic rings. The molecular formula is C12H17N3. The molecule has 80 valence electrons. The maximum Gasteiger partial charge on any atom is 0.177 e. The lowest BCUT2D eigenvalue weighted by molar-refractivity contribution is 1.08. The van der Waals surface area contributed by atoms with E-state index in [4.69, 9.17) is 0 Å². The smallest absolute Gasteiger partial charge is 0.177 e. The molecule has 15 heavy (non-hydrogen) atoms. The monoisotopic (exact) mass is 203 g/mol. The lowest BCUT2D eigenvalue weighted by atomic mass is 10.2. The Morgan fingerprint density at radius 3 is 2.87 bits per heavy atom. The fraction of sp³-hybridized carbons (Fsp3) is 0.417. The molecule has 0 aliphatic carbocycles. The van der Waals surface area contributed by atoms with E-state index in [-0.39, 0.29) is 0 Å². The van der Waals surface area contributed by atoms with Crippen LogP contribution in [-0.2, 0) is 0 Å². The number of hydrogen-bond donors (Lipinski definition) is 0. The van der Waals surface area contributed by atoms with E-state index in [9.17, 15) is 0 Å². The second kappa shape index (κ2) is 5.39. The Labute approximate surface area is 91.1 Å². The molecule has 0 aromatic heterocycles. The van der Waals surface area contributed by atoms with Crippen LogP contribution in [0.25, 0.3) is 0 Å². The molecular weight excluding hydrogens is 186 g/mol. The molecule has 0 saturated carbocycles. The van der Waals surface area contributed by atoms with Crippen LogP contribution in [0, 0.1) is 0 Å². The predicted molar refractivity (Wildman–Crippen MR) is 66.8 cm³/mol. The molecule has 0 spiro atoms. The molecule has 0 N–H and O–H groups in total. The highest BCUT2D eigenvalue weighted by Gasteiger charge is 2.07. The SMILES string of the molecule is C/C=C1/N=C(C)C=N/C1=N\C=C(/C)CC. The van der Waals surface area contributed by atoms with Gasteiger partial charge in [0, 0.05) is 6.20 Å². The van der Waals surface area contributed by atoms with Gasteiger partial charge in [0.1, 0.15) is 5.70 Å². The Balaban J connectivity index is 2.94. The van der Waals surface area contributed by atoms with Crippen molar-refractivity contribution in [3.63, 3.8) is 0 Å². The van der Waals surface area contributed by atoms with Crippen molar-refractivity contribution in [3.05, 3.63) is 23.5 Å². The maximum atomic E-state index is 4.35. The lowest BCUT2D eigenvalue weighted by Gasteiger charge is -2.06. The van der Waals surface area contributed by atoms with Crippen LogP contribution >= 0.6 is 0 Å². The molecule has 1 aliphatic rings. The molecule has 0 bridgehead atoms. The zero-order valence-electron chi connectivity index (χ0n) is 9.78. The second-order valence-corrected chi connectivity index (χ2v) is 3.47. The maximum absolute atomic E-state index is 4.35. The van der Waals surface area contributed by atoms with Gasteiger partial charge in [0.2, 0.25) is 0 Å². The summed E-state index contributed by atoms with van der Waals surface area (Å²) in [6.45, 7) is 8.03. The summed E-state index contributed by atoms with van der Waals surface area (Å²) in [5.41, 5.74) is 2.99. The molecule has 3 nitrogen and oxygen atoms in total. The molecule has 1 aliphatic heterocycles. The first-order valence-corrected chi connectivity index (χ1v) is 5.16. The summed E-state index contributed by atoms with van der Waals surface area (Å²) in [4.78, 5) is 12.9. The molecule has 1 heterocycles. The van der Waals surface area contributed by atoms with Crippen LogP contribution in [0.1, 0.15) is 34.1 Å². The van der Waals surface area contributed by atoms with Crippen LogP contribution in [0.4, 0.5) is 0 Å². The number of amidine groups is 1. The van der Waals surface area contributed by atoms with Gasteiger partial charge in [-0.3, -0.25) is 0 Å². The van der Waals surface area contributed by atoms with Crippen molar-refractivity contribution in [2.24, 2.45) is 15.0 Å². The molecule has 3 heteroatoms. The van der Waals surface area contributed by atoms with Gasteiger partial charge >= 0.3 is 0 Å². The van der Waals surface area contributed by atoms with Crippen molar-refractivity contribution in [1.82, 2.24) is 0 Å². The summed E-state index contributed by atoms with van der Waals surface area (Å²) in [7, 11) is 0. The van der Waals surface area contributed by atoms with E-state index in [1.807, 2.05) is 26.1 Å². The van der Waals surface area contributed by atoms with Gasteiger partial charge in [0.05, 0.1) is 11.9 Å². The number of aliphatic imine (C=N–C) groups is 3. The number of rotatable bonds is 2. The van der Waals surface area contributed by atoms with Gasteiger partial charge in [-0.15, -0.1) is 0 Å². The minimum Gasteiger partial charge on any atom is -0.249 e. The third-order valence-corrected chi connectivity index (χ3v) is 2.14. The van der Waals surface area contributed by atoms with Gasteiger partial charge in [-0.25, -0.2) is 15.0 Å². The Kier molecular flexibility index (Phi) is 4.16. The highest BCUT2D eigenvalue weighted by molar-refractivity contribution is 6.34. The highest BCUT2D eigenvalue weighted by Crippen LogP contribution is 2.08. The lowest BCUT2D eigenvalue weighted by Crippen LogP contribution is -2.09. The molecule has 0 radical (unpaired) electrons. The predicted octanol–water partition coefficient (Wildman–Crippen LogP) is 3.15. The topological polar surface area (TPSA) is 37.1 Å². The van der Waals surface area contributed by atoms with Gasteiger partial charge in [0.15, 0.2) is 5.84 Å². The Bertz CT molecular complexity index is 382. The van der Waals surface area contributed by atoms with Crippen molar-refractivity contribution >= 4 is 17.8 Å². The van der Waals surface area contributed by atoms with Crippen molar-refractivity contribution < 1.29 is 0 Å². The number of nitrogens with zero attached hydrogens (tertiary/aromatic N) is 3. The fourth-order valence-corrected chi connectivity index (χ4v) is 1.05. The minimum absolute atomic E-state index is 0.691. The summed E-state index contributed by atoms with van der Waals surface area (Å²) in [6, 6.07) is 0. The van der Waals surface area contributed by atoms with Crippen LogP contribution < -0.4 is 0 Å². The largest absolute Gasteiger partial charge is 0.249 e. The van der Waals surface area contributed by atoms with Crippen LogP contribution in [0.2, 0.25) is 0 Å². The minimum atomic E-state index is 0.691. The molecule has 0 amide bonds. The Morgan fingerprint density at radius 1 is 1.53 bits per heavy atom. The van der Waals surface area contributed by atoms with Gasteiger partial charge in [-0.1, -0.05) is 18.6 Å². The standard InChI is InChI=1S/C12H17N3/c1-5-9(3)7-13-12-11(6-2)15-10(4)8-14-12/h6-8H,5H2,1-4H3/b9-7+,11-6+,13-12-. The molecule has 0 atom stereocenters. The first kappa shape index (κ1) is 11.6. The average molecular weight is 203 g/mol. The van der Waals surface area contributed by atoms with E-state index in [1.54, 1.807) is 6.21 Å². The van der Waals surface area contributed by atoms with Gasteiger partial charge in [-0.05, 0) is 27.2 Å². The summed E-state index contributed by atoms with van der Waals surface area (Å²) < 4.78 is 0. The first-order chi connectivity index (χ1) is 7.17. The van der Waals surface area contributed by atoms with Crippen LogP contribution in [0.5, 0.6) is 0 Å². The summed E-state index contributed by atoms with van der Waals surface area (Å²) >= 11 is 0. The zero-order chi connectivity index (χ0) is 11.3. The third-order valence-electron chi connectivity index (χ3n) is 2.14. The Morgan fingerprint density at radius 2 is 2.27 bits per heavy atom. The zero-order valence-corrected chi connectivity index (χ0v) is 9.78. The van der Waals surface area contributed by atoms with Crippen LogP contribution in [0.3, 0.4) is 0 Å². The van der Waals surface area contributed by atoms with E-state index in [2.05, 4.69) is 28.8 Å². The van der Waals surface area contributed by atoms with E-state index in [0.717, 1.165) is 17.8 Å². The quantitative estimate of drug-likeness (QED) is 0.661. The average Bonchev–Trinajstić information content (AvgIpc) is 2.26. The van der Waals surface area contributed by atoms with Gasteiger partial charge < -0.3 is 0 Å². The molecule has 0 saturated heterocycles. The summed E-state index contributed by atoms with van der Waals surface area (Å²) in [5.74, 6) is 0.691. The molecule has 1 rings (SSSR count). The van der Waals surface area contributed by atoms with E-state index in [1.165, 1.54) is 5.57 Å².